The number of carbonyl (C=O) groups excluding carboxylic acids is 2. The molecule has 2 aliphatic heterocycles. The Bertz CT molecular complexity index is 908. The Morgan fingerprint density at radius 3 is 2.42 bits per heavy atom. The van der Waals surface area contributed by atoms with Crippen molar-refractivity contribution in [3.8, 4) is 11.5 Å². The molecule has 1 aromatic rings. The van der Waals surface area contributed by atoms with Crippen molar-refractivity contribution in [3.63, 3.8) is 0 Å². The summed E-state index contributed by atoms with van der Waals surface area (Å²) in [4.78, 5) is 27.0. The highest BCUT2D eigenvalue weighted by Crippen LogP contribution is 2.38. The van der Waals surface area contributed by atoms with Crippen molar-refractivity contribution >= 4 is 29.1 Å². The molecule has 7 nitrogen and oxygen atoms in total. The van der Waals surface area contributed by atoms with Crippen molar-refractivity contribution in [1.82, 2.24) is 9.91 Å². The number of benzene rings is 1. The van der Waals surface area contributed by atoms with Crippen LogP contribution in [0.4, 0.5) is 0 Å². The van der Waals surface area contributed by atoms with E-state index in [0.717, 1.165) is 24.1 Å². The third-order valence-electron chi connectivity index (χ3n) is 6.50. The average molecular weight is 446 g/mol. The Kier molecular flexibility index (Phi) is 6.51. The third-order valence-corrected chi connectivity index (χ3v) is 6.73. The summed E-state index contributed by atoms with van der Waals surface area (Å²) in [5.74, 6) is 1.25. The van der Waals surface area contributed by atoms with Crippen molar-refractivity contribution in [2.24, 2.45) is 16.9 Å². The van der Waals surface area contributed by atoms with Gasteiger partial charge in [0.15, 0.2) is 11.5 Å². The summed E-state index contributed by atoms with van der Waals surface area (Å²) in [5, 5.41) is 6.59. The molecule has 8 heteroatoms. The van der Waals surface area contributed by atoms with Crippen LogP contribution in [-0.4, -0.2) is 66.7 Å². The normalized spacial score (nSPS) is 24.0. The number of alkyl halides is 1. The fourth-order valence-corrected chi connectivity index (χ4v) is 4.94. The van der Waals surface area contributed by atoms with Crippen LogP contribution in [0.25, 0.3) is 0 Å². The minimum atomic E-state index is -0.118. The van der Waals surface area contributed by atoms with Gasteiger partial charge in [-0.05, 0) is 43.9 Å². The highest BCUT2D eigenvalue weighted by molar-refractivity contribution is 6.27. The molecular weight excluding hydrogens is 418 g/mol. The van der Waals surface area contributed by atoms with Gasteiger partial charge in [-0.15, -0.1) is 11.6 Å². The Balaban J connectivity index is 1.65. The number of hydrazone groups is 1. The largest absolute Gasteiger partial charge is 0.493 e. The highest BCUT2D eigenvalue weighted by atomic mass is 35.5. The number of ether oxygens (including phenoxy) is 2. The van der Waals surface area contributed by atoms with Gasteiger partial charge in [-0.1, -0.05) is 12.2 Å². The second kappa shape index (κ2) is 9.30. The maximum atomic E-state index is 13.4. The summed E-state index contributed by atoms with van der Waals surface area (Å²) in [5.41, 5.74) is 1.85. The third kappa shape index (κ3) is 4.15. The number of carbonyl (C=O) groups is 2. The van der Waals surface area contributed by atoms with Crippen LogP contribution in [0.15, 0.2) is 35.5 Å². The first-order valence-electron chi connectivity index (χ1n) is 10.7. The molecule has 0 radical (unpaired) electrons. The molecule has 2 atom stereocenters. The van der Waals surface area contributed by atoms with Gasteiger partial charge >= 0.3 is 0 Å². The van der Waals surface area contributed by atoms with Gasteiger partial charge in [0, 0.05) is 24.6 Å². The predicted molar refractivity (Wildman–Crippen MR) is 119 cm³/mol. The number of likely N-dealkylation sites (tertiary alicyclic amines) is 1. The molecule has 0 saturated carbocycles. The molecule has 0 N–H and O–H groups in total. The van der Waals surface area contributed by atoms with Gasteiger partial charge in [0.25, 0.3) is 0 Å². The average Bonchev–Trinajstić information content (AvgIpc) is 2.83. The monoisotopic (exact) mass is 445 g/mol. The van der Waals surface area contributed by atoms with Crippen LogP contribution < -0.4 is 9.47 Å². The maximum absolute atomic E-state index is 13.4. The molecular formula is C23H28ClN3O4. The summed E-state index contributed by atoms with van der Waals surface area (Å²) in [6, 6.07) is 5.77. The lowest BCUT2D eigenvalue weighted by atomic mass is 9.76. The van der Waals surface area contributed by atoms with Gasteiger partial charge in [0.1, 0.15) is 5.88 Å². The van der Waals surface area contributed by atoms with Gasteiger partial charge in [0.05, 0.1) is 31.9 Å². The SMILES string of the molecule is COc1ccc(C2=NN(C3CCN(C(=O)CCl)CC3)C(=O)[C@@H]3CC=CC[C@H]23)cc1OC. The van der Waals surface area contributed by atoms with E-state index in [4.69, 9.17) is 26.2 Å². The first kappa shape index (κ1) is 21.7. The minimum Gasteiger partial charge on any atom is -0.493 e. The van der Waals surface area contributed by atoms with Crippen LogP contribution in [0.1, 0.15) is 31.2 Å². The van der Waals surface area contributed by atoms with E-state index in [9.17, 15) is 9.59 Å². The first-order chi connectivity index (χ1) is 15.1. The van der Waals surface area contributed by atoms with Gasteiger partial charge in [-0.2, -0.15) is 5.10 Å². The zero-order valence-electron chi connectivity index (χ0n) is 17.9. The number of piperidine rings is 1. The molecule has 1 aliphatic carbocycles. The molecule has 1 fully saturated rings. The lowest BCUT2D eigenvalue weighted by Crippen LogP contribution is -2.53. The predicted octanol–water partition coefficient (Wildman–Crippen LogP) is 3.06. The molecule has 0 spiro atoms. The molecule has 0 bridgehead atoms. The van der Waals surface area contributed by atoms with E-state index >= 15 is 0 Å². The zero-order valence-corrected chi connectivity index (χ0v) is 18.7. The van der Waals surface area contributed by atoms with E-state index in [1.165, 1.54) is 0 Å². The summed E-state index contributed by atoms with van der Waals surface area (Å²) >= 11 is 5.70. The molecule has 4 rings (SSSR count). The van der Waals surface area contributed by atoms with Gasteiger partial charge < -0.3 is 14.4 Å². The number of amides is 2. The highest BCUT2D eigenvalue weighted by Gasteiger charge is 2.43. The second-order valence-corrected chi connectivity index (χ2v) is 8.41. The number of rotatable bonds is 5. The minimum absolute atomic E-state index is 0.00892. The number of hydrogen-bond donors (Lipinski definition) is 0. The van der Waals surface area contributed by atoms with E-state index in [0.29, 0.717) is 37.4 Å². The summed E-state index contributed by atoms with van der Waals surface area (Å²) in [6.07, 6.45) is 7.14. The van der Waals surface area contributed by atoms with Gasteiger partial charge in [0.2, 0.25) is 11.8 Å². The van der Waals surface area contributed by atoms with Gasteiger partial charge in [-0.25, -0.2) is 5.01 Å². The van der Waals surface area contributed by atoms with Crippen LogP contribution in [0.5, 0.6) is 11.5 Å². The molecule has 0 aromatic heterocycles. The van der Waals surface area contributed by atoms with Crippen molar-refractivity contribution in [2.45, 2.75) is 31.7 Å². The fraction of sp³-hybridized carbons (Fsp3) is 0.522. The van der Waals surface area contributed by atoms with Gasteiger partial charge in [-0.3, -0.25) is 9.59 Å². The quantitative estimate of drug-likeness (QED) is 0.516. The van der Waals surface area contributed by atoms with Crippen molar-refractivity contribution < 1.29 is 19.1 Å². The lowest BCUT2D eigenvalue weighted by molar-refractivity contribution is -0.142. The van der Waals surface area contributed by atoms with Crippen molar-refractivity contribution in [2.75, 3.05) is 33.2 Å². The fourth-order valence-electron chi connectivity index (χ4n) is 4.77. The Labute approximate surface area is 187 Å². The van der Waals surface area contributed by atoms with Crippen LogP contribution >= 0.6 is 11.6 Å². The summed E-state index contributed by atoms with van der Waals surface area (Å²) in [6.45, 7) is 1.18. The molecule has 166 valence electrons. The number of allylic oxidation sites excluding steroid dienone is 2. The van der Waals surface area contributed by atoms with Crippen LogP contribution in [0.3, 0.4) is 0 Å². The molecule has 2 amide bonds. The van der Waals surface area contributed by atoms with Crippen LogP contribution in [0.2, 0.25) is 0 Å². The topological polar surface area (TPSA) is 71.4 Å². The van der Waals surface area contributed by atoms with Crippen LogP contribution in [-0.2, 0) is 9.59 Å². The molecule has 2 heterocycles. The number of hydrogen-bond acceptors (Lipinski definition) is 5. The molecule has 0 unspecified atom stereocenters. The second-order valence-electron chi connectivity index (χ2n) is 8.14. The van der Waals surface area contributed by atoms with Crippen molar-refractivity contribution in [1.29, 1.82) is 0 Å². The maximum Gasteiger partial charge on any atom is 0.247 e. The standard InChI is InChI=1S/C23H28ClN3O4/c1-30-19-8-7-15(13-20(19)31-2)22-17-5-3-4-6-18(17)23(29)27(25-22)16-9-11-26(12-10-16)21(28)14-24/h3-4,7-8,13,16-18H,5-6,9-12,14H2,1-2H3/t17-,18+/m0/s1. The Hall–Kier alpha value is -2.54. The number of fused-ring (bicyclic) bond motifs is 1. The van der Waals surface area contributed by atoms with E-state index in [1.807, 2.05) is 18.2 Å². The molecule has 3 aliphatic rings. The molecule has 1 aromatic carbocycles. The van der Waals surface area contributed by atoms with E-state index < -0.39 is 0 Å². The summed E-state index contributed by atoms with van der Waals surface area (Å²) < 4.78 is 10.9. The lowest BCUT2D eigenvalue weighted by Gasteiger charge is -2.42. The van der Waals surface area contributed by atoms with Crippen molar-refractivity contribution in [3.05, 3.63) is 35.9 Å². The Morgan fingerprint density at radius 1 is 1.10 bits per heavy atom. The number of methoxy groups -OCH3 is 2. The number of halogens is 1. The first-order valence-corrected chi connectivity index (χ1v) is 11.2. The van der Waals surface area contributed by atoms with Crippen LogP contribution in [0, 0.1) is 11.8 Å². The van der Waals surface area contributed by atoms with E-state index in [1.54, 1.807) is 24.1 Å². The molecule has 31 heavy (non-hydrogen) atoms. The number of nitrogens with zero attached hydrogens (tertiary/aromatic N) is 3. The summed E-state index contributed by atoms with van der Waals surface area (Å²) in [7, 11) is 3.22. The molecule has 1 saturated heterocycles. The zero-order chi connectivity index (χ0) is 22.0. The van der Waals surface area contributed by atoms with E-state index in [-0.39, 0.29) is 35.6 Å². The smallest absolute Gasteiger partial charge is 0.247 e. The Morgan fingerprint density at radius 2 is 1.77 bits per heavy atom. The van der Waals surface area contributed by atoms with E-state index in [2.05, 4.69) is 12.2 Å².